The van der Waals surface area contributed by atoms with Crippen molar-refractivity contribution in [3.05, 3.63) is 48.7 Å². The molecule has 1 aromatic carbocycles. The number of nitrogens with one attached hydrogen (secondary N) is 1. The van der Waals surface area contributed by atoms with Gasteiger partial charge >= 0.3 is 6.03 Å². The summed E-state index contributed by atoms with van der Waals surface area (Å²) in [6.07, 6.45) is 1.67. The van der Waals surface area contributed by atoms with Crippen molar-refractivity contribution < 1.29 is 9.53 Å². The van der Waals surface area contributed by atoms with Crippen LogP contribution in [0.5, 0.6) is 5.75 Å². The molecule has 132 valence electrons. The lowest BCUT2D eigenvalue weighted by Crippen LogP contribution is -2.50. The van der Waals surface area contributed by atoms with Gasteiger partial charge in [-0.15, -0.1) is 0 Å². The van der Waals surface area contributed by atoms with Crippen LogP contribution in [-0.2, 0) is 0 Å². The maximum absolute atomic E-state index is 12.5. The molecular formula is C19H24N4O2. The number of ether oxygens (including phenoxy) is 1. The lowest BCUT2D eigenvalue weighted by atomic mass is 10.2. The van der Waals surface area contributed by atoms with E-state index in [9.17, 15) is 4.79 Å². The Labute approximate surface area is 148 Å². The number of carbonyl (C=O) groups excluding carboxylic acids is 1. The standard InChI is InChI=1S/C19H24N4O2/c1-15(2)25-17-9-6-10-20-18(17)21-19(24)23-13-11-22(12-14-23)16-7-4-3-5-8-16/h3-10,15H,11-14H2,1-2H3,(H,20,21,24). The van der Waals surface area contributed by atoms with Crippen LogP contribution < -0.4 is 15.0 Å². The van der Waals surface area contributed by atoms with Crippen molar-refractivity contribution >= 4 is 17.5 Å². The summed E-state index contributed by atoms with van der Waals surface area (Å²) in [5, 5.41) is 2.87. The molecule has 2 aromatic rings. The van der Waals surface area contributed by atoms with Crippen molar-refractivity contribution in [1.82, 2.24) is 9.88 Å². The van der Waals surface area contributed by atoms with Gasteiger partial charge in [-0.1, -0.05) is 18.2 Å². The number of carbonyl (C=O) groups is 1. The molecule has 0 saturated carbocycles. The van der Waals surface area contributed by atoms with Gasteiger partial charge in [-0.25, -0.2) is 9.78 Å². The minimum Gasteiger partial charge on any atom is -0.487 e. The first kappa shape index (κ1) is 17.1. The predicted octanol–water partition coefficient (Wildman–Crippen LogP) is 3.22. The molecule has 25 heavy (non-hydrogen) atoms. The molecule has 1 N–H and O–H groups in total. The van der Waals surface area contributed by atoms with Gasteiger partial charge in [0.05, 0.1) is 6.10 Å². The first-order chi connectivity index (χ1) is 12.1. The molecule has 0 bridgehead atoms. The van der Waals surface area contributed by atoms with E-state index >= 15 is 0 Å². The maximum Gasteiger partial charge on any atom is 0.323 e. The zero-order valence-electron chi connectivity index (χ0n) is 14.7. The van der Waals surface area contributed by atoms with Gasteiger partial charge in [0.2, 0.25) is 0 Å². The second-order valence-electron chi connectivity index (χ2n) is 6.26. The number of hydrogen-bond donors (Lipinski definition) is 1. The third kappa shape index (κ3) is 4.41. The summed E-state index contributed by atoms with van der Waals surface area (Å²) in [6.45, 7) is 6.87. The van der Waals surface area contributed by atoms with Crippen LogP contribution in [0.4, 0.5) is 16.3 Å². The fourth-order valence-corrected chi connectivity index (χ4v) is 2.82. The van der Waals surface area contributed by atoms with Crippen LogP contribution in [0.3, 0.4) is 0 Å². The third-order valence-corrected chi connectivity index (χ3v) is 4.05. The zero-order valence-corrected chi connectivity index (χ0v) is 14.7. The van der Waals surface area contributed by atoms with Crippen LogP contribution in [0.2, 0.25) is 0 Å². The topological polar surface area (TPSA) is 57.7 Å². The Morgan fingerprint density at radius 1 is 1.08 bits per heavy atom. The lowest BCUT2D eigenvalue weighted by Gasteiger charge is -2.36. The summed E-state index contributed by atoms with van der Waals surface area (Å²) in [5.74, 6) is 1.06. The Hall–Kier alpha value is -2.76. The summed E-state index contributed by atoms with van der Waals surface area (Å²) in [7, 11) is 0. The number of hydrogen-bond acceptors (Lipinski definition) is 4. The van der Waals surface area contributed by atoms with Gasteiger partial charge in [-0.2, -0.15) is 0 Å². The maximum atomic E-state index is 12.5. The highest BCUT2D eigenvalue weighted by atomic mass is 16.5. The van der Waals surface area contributed by atoms with Gasteiger partial charge in [0, 0.05) is 38.1 Å². The molecule has 0 aliphatic carbocycles. The fraction of sp³-hybridized carbons (Fsp3) is 0.368. The van der Waals surface area contributed by atoms with Crippen molar-refractivity contribution in [2.24, 2.45) is 0 Å². The molecule has 1 fully saturated rings. The number of anilines is 2. The summed E-state index contributed by atoms with van der Waals surface area (Å²) in [5.41, 5.74) is 1.19. The number of benzene rings is 1. The molecule has 1 saturated heterocycles. The van der Waals surface area contributed by atoms with E-state index in [0.29, 0.717) is 24.7 Å². The molecule has 3 rings (SSSR count). The summed E-state index contributed by atoms with van der Waals surface area (Å²) >= 11 is 0. The molecule has 2 heterocycles. The average Bonchev–Trinajstić information content (AvgIpc) is 2.64. The van der Waals surface area contributed by atoms with Gasteiger partial charge in [0.15, 0.2) is 11.6 Å². The Morgan fingerprint density at radius 3 is 2.48 bits per heavy atom. The monoisotopic (exact) mass is 340 g/mol. The lowest BCUT2D eigenvalue weighted by molar-refractivity contribution is 0.207. The number of piperazine rings is 1. The molecule has 1 aliphatic heterocycles. The summed E-state index contributed by atoms with van der Waals surface area (Å²) in [4.78, 5) is 20.9. The van der Waals surface area contributed by atoms with Crippen LogP contribution in [0.1, 0.15) is 13.8 Å². The number of rotatable bonds is 4. The number of pyridine rings is 1. The number of amides is 2. The van der Waals surface area contributed by atoms with Crippen molar-refractivity contribution in [2.45, 2.75) is 20.0 Å². The quantitative estimate of drug-likeness (QED) is 0.928. The molecule has 2 amide bonds. The minimum atomic E-state index is -0.139. The largest absolute Gasteiger partial charge is 0.487 e. The van der Waals surface area contributed by atoms with Crippen LogP contribution in [0, 0.1) is 0 Å². The highest BCUT2D eigenvalue weighted by Crippen LogP contribution is 2.23. The van der Waals surface area contributed by atoms with E-state index in [1.165, 1.54) is 5.69 Å². The Morgan fingerprint density at radius 2 is 1.80 bits per heavy atom. The van der Waals surface area contributed by atoms with E-state index in [-0.39, 0.29) is 12.1 Å². The summed E-state index contributed by atoms with van der Waals surface area (Å²) in [6, 6.07) is 13.7. The number of urea groups is 1. The molecule has 0 spiro atoms. The average molecular weight is 340 g/mol. The van der Waals surface area contributed by atoms with Gasteiger partial charge in [-0.3, -0.25) is 5.32 Å². The number of aromatic nitrogens is 1. The second kappa shape index (κ2) is 7.88. The smallest absolute Gasteiger partial charge is 0.323 e. The molecule has 6 nitrogen and oxygen atoms in total. The van der Waals surface area contributed by atoms with E-state index in [4.69, 9.17) is 4.74 Å². The molecule has 1 aromatic heterocycles. The van der Waals surface area contributed by atoms with Gasteiger partial charge in [-0.05, 0) is 38.1 Å². The Bertz CT molecular complexity index is 698. The van der Waals surface area contributed by atoms with Crippen molar-refractivity contribution in [3.63, 3.8) is 0 Å². The number of nitrogens with zero attached hydrogens (tertiary/aromatic N) is 3. The van der Waals surface area contributed by atoms with Gasteiger partial charge in [0.1, 0.15) is 0 Å². The molecule has 0 unspecified atom stereocenters. The third-order valence-electron chi connectivity index (χ3n) is 4.05. The van der Waals surface area contributed by atoms with E-state index in [1.54, 1.807) is 12.3 Å². The second-order valence-corrected chi connectivity index (χ2v) is 6.26. The van der Waals surface area contributed by atoms with Crippen molar-refractivity contribution in [1.29, 1.82) is 0 Å². The van der Waals surface area contributed by atoms with Crippen LogP contribution in [0.25, 0.3) is 0 Å². The van der Waals surface area contributed by atoms with Gasteiger partial charge < -0.3 is 14.5 Å². The van der Waals surface area contributed by atoms with Crippen molar-refractivity contribution in [2.75, 3.05) is 36.4 Å². The van der Waals surface area contributed by atoms with E-state index < -0.39 is 0 Å². The Balaban J connectivity index is 1.58. The normalized spacial score (nSPS) is 14.5. The van der Waals surface area contributed by atoms with Crippen molar-refractivity contribution in [3.8, 4) is 5.75 Å². The summed E-state index contributed by atoms with van der Waals surface area (Å²) < 4.78 is 5.70. The zero-order chi connectivity index (χ0) is 17.6. The van der Waals surface area contributed by atoms with Crippen LogP contribution in [0.15, 0.2) is 48.7 Å². The SMILES string of the molecule is CC(C)Oc1cccnc1NC(=O)N1CCN(c2ccccc2)CC1. The van der Waals surface area contributed by atoms with E-state index in [0.717, 1.165) is 13.1 Å². The predicted molar refractivity (Wildman–Crippen MR) is 99.2 cm³/mol. The molecule has 1 aliphatic rings. The minimum absolute atomic E-state index is 0.0225. The first-order valence-electron chi connectivity index (χ1n) is 8.61. The van der Waals surface area contributed by atoms with E-state index in [1.807, 2.05) is 43.0 Å². The first-order valence-corrected chi connectivity index (χ1v) is 8.61. The highest BCUT2D eigenvalue weighted by molar-refractivity contribution is 5.89. The molecule has 6 heteroatoms. The van der Waals surface area contributed by atoms with Gasteiger partial charge in [0.25, 0.3) is 0 Å². The highest BCUT2D eigenvalue weighted by Gasteiger charge is 2.22. The Kier molecular flexibility index (Phi) is 5.38. The molecule has 0 atom stereocenters. The van der Waals surface area contributed by atoms with Crippen LogP contribution in [-0.4, -0.2) is 48.2 Å². The number of para-hydroxylation sites is 1. The van der Waals surface area contributed by atoms with Crippen LogP contribution >= 0.6 is 0 Å². The molecular weight excluding hydrogens is 316 g/mol. The fourth-order valence-electron chi connectivity index (χ4n) is 2.82. The van der Waals surface area contributed by atoms with E-state index in [2.05, 4.69) is 27.3 Å². The molecule has 0 radical (unpaired) electrons.